The fraction of sp³-hybridized carbons (Fsp3) is 0.417. The van der Waals surface area contributed by atoms with Gasteiger partial charge >= 0.3 is 0 Å². The van der Waals surface area contributed by atoms with Crippen molar-refractivity contribution in [2.75, 3.05) is 0 Å². The first-order valence-electron chi connectivity index (χ1n) is 5.89. The fourth-order valence-electron chi connectivity index (χ4n) is 1.36. The van der Waals surface area contributed by atoms with Crippen LogP contribution in [-0.4, -0.2) is 19.2 Å². The summed E-state index contributed by atoms with van der Waals surface area (Å²) in [6.07, 6.45) is 1.46. The highest BCUT2D eigenvalue weighted by molar-refractivity contribution is 9.10. The first-order chi connectivity index (χ1) is 8.86. The smallest absolute Gasteiger partial charge is 0.257 e. The van der Waals surface area contributed by atoms with Gasteiger partial charge < -0.3 is 0 Å². The van der Waals surface area contributed by atoms with Crippen molar-refractivity contribution in [1.29, 1.82) is 0 Å². The average Bonchev–Trinajstić information content (AvgIpc) is 2.37. The van der Waals surface area contributed by atoms with Crippen LogP contribution in [0.15, 0.2) is 29.2 Å². The Hall–Kier alpha value is -0.920. The normalized spacial score (nSPS) is 13.0. The van der Waals surface area contributed by atoms with Gasteiger partial charge in [-0.3, -0.25) is 10.2 Å². The quantitative estimate of drug-likeness (QED) is 0.608. The number of hydrogen-bond acceptors (Lipinski definition) is 3. The Morgan fingerprint density at radius 1 is 1.32 bits per heavy atom. The minimum atomic E-state index is -3.72. The van der Waals surface area contributed by atoms with Crippen LogP contribution in [0.2, 0.25) is 0 Å². The number of nitrogens with one attached hydrogen (secondary N) is 2. The topological polar surface area (TPSA) is 75.3 Å². The number of alkyl halides is 1. The van der Waals surface area contributed by atoms with E-state index >= 15 is 0 Å². The van der Waals surface area contributed by atoms with E-state index in [1.54, 1.807) is 12.1 Å². The number of carbonyl (C=O) groups excluding carboxylic acids is 1. The van der Waals surface area contributed by atoms with Gasteiger partial charge in [-0.25, -0.2) is 8.42 Å². The zero-order valence-electron chi connectivity index (χ0n) is 10.8. The van der Waals surface area contributed by atoms with E-state index in [1.807, 2.05) is 13.8 Å². The minimum Gasteiger partial charge on any atom is -0.277 e. The summed E-state index contributed by atoms with van der Waals surface area (Å²) >= 11 is 3.19. The van der Waals surface area contributed by atoms with Crippen molar-refractivity contribution in [2.45, 2.75) is 36.4 Å². The van der Waals surface area contributed by atoms with Crippen LogP contribution in [0.1, 0.15) is 25.3 Å². The molecule has 1 aromatic rings. The Labute approximate surface area is 121 Å². The van der Waals surface area contributed by atoms with Crippen LogP contribution < -0.4 is 10.3 Å². The molecular formula is C12H17BrN2O3S. The third-order valence-corrected chi connectivity index (χ3v) is 4.60. The number of hydrogen-bond donors (Lipinski definition) is 2. The molecule has 0 aliphatic rings. The summed E-state index contributed by atoms with van der Waals surface area (Å²) in [4.78, 5) is 13.4. The van der Waals surface area contributed by atoms with Crippen molar-refractivity contribution in [3.8, 4) is 0 Å². The highest BCUT2D eigenvalue weighted by Gasteiger charge is 2.18. The fourth-order valence-corrected chi connectivity index (χ4v) is 2.78. The summed E-state index contributed by atoms with van der Waals surface area (Å²) in [5, 5.41) is 0. The lowest BCUT2D eigenvalue weighted by molar-refractivity contribution is -0.121. The summed E-state index contributed by atoms with van der Waals surface area (Å²) in [6, 6.07) is 6.37. The Kier molecular flexibility index (Phi) is 5.96. The van der Waals surface area contributed by atoms with Gasteiger partial charge in [0.1, 0.15) is 0 Å². The number of amides is 1. The van der Waals surface area contributed by atoms with Crippen LogP contribution in [-0.2, 0) is 14.8 Å². The zero-order valence-corrected chi connectivity index (χ0v) is 13.2. The monoisotopic (exact) mass is 348 g/mol. The molecule has 0 spiro atoms. The summed E-state index contributed by atoms with van der Waals surface area (Å²) in [5.41, 5.74) is 3.16. The molecule has 0 fully saturated rings. The van der Waals surface area contributed by atoms with E-state index < -0.39 is 20.8 Å². The third-order valence-electron chi connectivity index (χ3n) is 2.47. The average molecular weight is 349 g/mol. The maximum Gasteiger partial charge on any atom is 0.257 e. The van der Waals surface area contributed by atoms with Crippen molar-refractivity contribution >= 4 is 31.9 Å². The number of carbonyl (C=O) groups is 1. The molecule has 1 aromatic carbocycles. The molecule has 0 saturated heterocycles. The number of rotatable bonds is 6. The van der Waals surface area contributed by atoms with Crippen LogP contribution in [0.5, 0.6) is 0 Å². The highest BCUT2D eigenvalue weighted by atomic mass is 79.9. The van der Waals surface area contributed by atoms with Crippen LogP contribution in [0, 0.1) is 6.92 Å². The molecule has 19 heavy (non-hydrogen) atoms. The number of benzene rings is 1. The molecule has 0 aliphatic heterocycles. The molecule has 1 atom stereocenters. The molecule has 0 aliphatic carbocycles. The summed E-state index contributed by atoms with van der Waals surface area (Å²) in [5.74, 6) is -0.405. The van der Waals surface area contributed by atoms with E-state index in [0.29, 0.717) is 6.42 Å². The molecule has 0 radical (unpaired) electrons. The molecule has 0 unspecified atom stereocenters. The molecular weight excluding hydrogens is 332 g/mol. The first-order valence-corrected chi connectivity index (χ1v) is 8.29. The number of aryl methyl sites for hydroxylation is 1. The summed E-state index contributed by atoms with van der Waals surface area (Å²) in [6.45, 7) is 3.81. The lowest BCUT2D eigenvalue weighted by atomic mass is 10.2. The lowest BCUT2D eigenvalue weighted by Gasteiger charge is -2.11. The molecule has 7 heteroatoms. The molecule has 5 nitrogen and oxygen atoms in total. The third kappa shape index (κ3) is 4.93. The molecule has 106 valence electrons. The van der Waals surface area contributed by atoms with E-state index in [0.717, 1.165) is 12.0 Å². The van der Waals surface area contributed by atoms with Gasteiger partial charge in [0, 0.05) is 0 Å². The SMILES string of the molecule is CCC[C@@H](Br)C(=O)NNS(=O)(=O)c1ccc(C)cc1. The van der Waals surface area contributed by atoms with Gasteiger partial charge in [-0.2, -0.15) is 0 Å². The summed E-state index contributed by atoms with van der Waals surface area (Å²) in [7, 11) is -3.72. The maximum atomic E-state index is 11.9. The van der Waals surface area contributed by atoms with E-state index in [1.165, 1.54) is 12.1 Å². The van der Waals surface area contributed by atoms with E-state index in [2.05, 4.69) is 26.2 Å². The van der Waals surface area contributed by atoms with Gasteiger partial charge in [0.2, 0.25) is 5.91 Å². The molecule has 0 aromatic heterocycles. The van der Waals surface area contributed by atoms with Gasteiger partial charge in [-0.05, 0) is 25.5 Å². The Morgan fingerprint density at radius 3 is 2.42 bits per heavy atom. The zero-order chi connectivity index (χ0) is 14.5. The number of halogens is 1. The van der Waals surface area contributed by atoms with Crippen LogP contribution in [0.4, 0.5) is 0 Å². The van der Waals surface area contributed by atoms with Gasteiger partial charge in [0.25, 0.3) is 10.0 Å². The van der Waals surface area contributed by atoms with E-state index in [4.69, 9.17) is 0 Å². The van der Waals surface area contributed by atoms with Gasteiger partial charge in [-0.15, -0.1) is 4.83 Å². The largest absolute Gasteiger partial charge is 0.277 e. The van der Waals surface area contributed by atoms with Crippen LogP contribution in [0.3, 0.4) is 0 Å². The Balaban J connectivity index is 2.66. The first kappa shape index (κ1) is 16.1. The number of sulfonamides is 1. The molecule has 0 saturated carbocycles. The second kappa shape index (κ2) is 7.02. The van der Waals surface area contributed by atoms with Crippen molar-refractivity contribution in [3.05, 3.63) is 29.8 Å². The highest BCUT2D eigenvalue weighted by Crippen LogP contribution is 2.10. The van der Waals surface area contributed by atoms with Gasteiger partial charge in [0.05, 0.1) is 9.72 Å². The number of hydrazine groups is 1. The predicted octanol–water partition coefficient (Wildman–Crippen LogP) is 1.87. The van der Waals surface area contributed by atoms with Crippen molar-refractivity contribution in [3.63, 3.8) is 0 Å². The van der Waals surface area contributed by atoms with Crippen LogP contribution in [0.25, 0.3) is 0 Å². The maximum absolute atomic E-state index is 11.9. The lowest BCUT2D eigenvalue weighted by Crippen LogP contribution is -2.44. The predicted molar refractivity (Wildman–Crippen MR) is 77.3 cm³/mol. The molecule has 0 heterocycles. The van der Waals surface area contributed by atoms with Gasteiger partial charge in [-0.1, -0.05) is 47.0 Å². The second-order valence-corrected chi connectivity index (χ2v) is 6.95. The molecule has 2 N–H and O–H groups in total. The standard InChI is InChI=1S/C12H17BrN2O3S/c1-3-4-11(13)12(16)14-15-19(17,18)10-7-5-9(2)6-8-10/h5-8,11,15H,3-4H2,1-2H3,(H,14,16)/t11-/m1/s1. The van der Waals surface area contributed by atoms with E-state index in [-0.39, 0.29) is 4.90 Å². The second-order valence-electron chi connectivity index (χ2n) is 4.16. The Bertz CT molecular complexity index is 528. The van der Waals surface area contributed by atoms with E-state index in [9.17, 15) is 13.2 Å². The van der Waals surface area contributed by atoms with Crippen molar-refractivity contribution < 1.29 is 13.2 Å². The van der Waals surface area contributed by atoms with Gasteiger partial charge in [0.15, 0.2) is 0 Å². The van der Waals surface area contributed by atoms with Crippen molar-refractivity contribution in [2.24, 2.45) is 0 Å². The Morgan fingerprint density at radius 2 is 1.89 bits per heavy atom. The minimum absolute atomic E-state index is 0.111. The van der Waals surface area contributed by atoms with Crippen molar-refractivity contribution in [1.82, 2.24) is 10.3 Å². The van der Waals surface area contributed by atoms with Crippen LogP contribution >= 0.6 is 15.9 Å². The molecule has 0 bridgehead atoms. The summed E-state index contributed by atoms with van der Waals surface area (Å²) < 4.78 is 23.8. The molecule has 1 rings (SSSR count). The molecule has 1 amide bonds.